The number of guanidine groups is 1. The second-order valence-electron chi connectivity index (χ2n) is 7.65. The Morgan fingerprint density at radius 3 is 2.54 bits per heavy atom. The Morgan fingerprint density at radius 2 is 1.86 bits per heavy atom. The van der Waals surface area contributed by atoms with Crippen molar-refractivity contribution in [2.75, 3.05) is 39.8 Å². The summed E-state index contributed by atoms with van der Waals surface area (Å²) >= 11 is 0. The maximum absolute atomic E-state index is 12.3. The highest BCUT2D eigenvalue weighted by atomic mass is 32.2. The van der Waals surface area contributed by atoms with Crippen molar-refractivity contribution in [2.45, 2.75) is 17.7 Å². The van der Waals surface area contributed by atoms with Crippen LogP contribution >= 0.6 is 0 Å². The molecule has 2 aromatic carbocycles. The van der Waals surface area contributed by atoms with Crippen LogP contribution in [0.4, 0.5) is 0 Å². The molecule has 2 aromatic rings. The van der Waals surface area contributed by atoms with E-state index in [0.717, 1.165) is 25.5 Å². The van der Waals surface area contributed by atoms with Gasteiger partial charge in [-0.15, -0.1) is 4.83 Å². The van der Waals surface area contributed by atoms with Crippen molar-refractivity contribution >= 4 is 27.9 Å². The first kappa shape index (κ1) is 26.1. The maximum atomic E-state index is 12.3. The number of aliphatic imine (C=N–C) groups is 1. The quantitative estimate of drug-likeness (QED) is 0.177. The summed E-state index contributed by atoms with van der Waals surface area (Å²) < 4.78 is 35.1. The van der Waals surface area contributed by atoms with E-state index in [4.69, 9.17) is 9.47 Å². The van der Waals surface area contributed by atoms with Crippen molar-refractivity contribution in [3.63, 3.8) is 0 Å². The topological polar surface area (TPSA) is 138 Å². The number of hydrazine groups is 1. The fourth-order valence-electron chi connectivity index (χ4n) is 3.05. The number of benzene rings is 2. The zero-order valence-corrected chi connectivity index (χ0v) is 20.2. The van der Waals surface area contributed by atoms with E-state index in [2.05, 4.69) is 20.5 Å². The number of carbonyl (C=O) groups is 2. The summed E-state index contributed by atoms with van der Waals surface area (Å²) in [4.78, 5) is 31.0. The third-order valence-corrected chi connectivity index (χ3v) is 6.28. The van der Waals surface area contributed by atoms with Crippen molar-refractivity contribution < 1.29 is 27.5 Å². The van der Waals surface area contributed by atoms with Crippen molar-refractivity contribution in [2.24, 2.45) is 4.99 Å². The number of esters is 2. The molecule has 0 unspecified atom stereocenters. The molecule has 11 nitrogen and oxygen atoms in total. The Bertz CT molecular complexity index is 1120. The van der Waals surface area contributed by atoms with Gasteiger partial charge in [0.2, 0.25) is 0 Å². The van der Waals surface area contributed by atoms with E-state index >= 15 is 0 Å². The molecule has 3 N–H and O–H groups in total. The molecule has 0 radical (unpaired) electrons. The van der Waals surface area contributed by atoms with Gasteiger partial charge in [0.15, 0.2) is 5.96 Å². The lowest BCUT2D eigenvalue weighted by atomic mass is 10.2. The van der Waals surface area contributed by atoms with Gasteiger partial charge in [-0.2, -0.15) is 0 Å². The summed E-state index contributed by atoms with van der Waals surface area (Å²) in [5, 5.41) is 7.54. The predicted octanol–water partition coefficient (Wildman–Crippen LogP) is 0.903. The third-order valence-electron chi connectivity index (χ3n) is 4.84. The molecule has 0 spiro atoms. The summed E-state index contributed by atoms with van der Waals surface area (Å²) in [6.45, 7) is 2.70. The molecule has 3 rings (SSSR count). The number of hydrogen-bond donors (Lipinski definition) is 3. The van der Waals surface area contributed by atoms with Gasteiger partial charge in [0.1, 0.15) is 12.4 Å². The SMILES string of the molecule is CN(CCC(=O)OC(=O)c1ccc(OCCNC2=NCCCN2)cc1)NS(=O)(=O)c1ccccc1. The maximum Gasteiger partial charge on any atom is 0.345 e. The minimum Gasteiger partial charge on any atom is -0.492 e. The highest BCUT2D eigenvalue weighted by Gasteiger charge is 2.18. The van der Waals surface area contributed by atoms with Crippen LogP contribution < -0.4 is 20.2 Å². The second kappa shape index (κ2) is 12.8. The Hall–Kier alpha value is -3.48. The number of nitrogens with one attached hydrogen (secondary N) is 3. The van der Waals surface area contributed by atoms with Crippen LogP contribution in [0.3, 0.4) is 0 Å². The standard InChI is InChI=1S/C23H29N5O6S/c1-28(27-35(31,32)20-6-3-2-4-7-20)16-12-21(29)34-22(30)18-8-10-19(11-9-18)33-17-15-26-23-24-13-5-14-25-23/h2-4,6-11,27H,5,12-17H2,1H3,(H2,24,25,26). The molecule has 0 atom stereocenters. The largest absolute Gasteiger partial charge is 0.492 e. The summed E-state index contributed by atoms with van der Waals surface area (Å²) in [5.74, 6) is -0.230. The van der Waals surface area contributed by atoms with E-state index in [-0.39, 0.29) is 23.4 Å². The zero-order valence-electron chi connectivity index (χ0n) is 19.4. The van der Waals surface area contributed by atoms with Crippen LogP contribution in [0.25, 0.3) is 0 Å². The molecule has 188 valence electrons. The minimum absolute atomic E-state index is 0.0148. The minimum atomic E-state index is -3.76. The average molecular weight is 504 g/mol. The van der Waals surface area contributed by atoms with Crippen LogP contribution in [0.2, 0.25) is 0 Å². The number of hydrogen-bond acceptors (Lipinski definition) is 10. The summed E-state index contributed by atoms with van der Waals surface area (Å²) in [6, 6.07) is 14.1. The first-order valence-corrected chi connectivity index (χ1v) is 12.6. The Kier molecular flexibility index (Phi) is 9.58. The zero-order chi connectivity index (χ0) is 25.1. The monoisotopic (exact) mass is 503 g/mol. The van der Waals surface area contributed by atoms with Gasteiger partial charge in [0.05, 0.1) is 23.4 Å². The molecule has 0 aliphatic carbocycles. The normalized spacial score (nSPS) is 13.5. The van der Waals surface area contributed by atoms with E-state index in [1.807, 2.05) is 0 Å². The molecule has 0 amide bonds. The van der Waals surface area contributed by atoms with Crippen LogP contribution in [0, 0.1) is 0 Å². The number of ether oxygens (including phenoxy) is 2. The summed E-state index contributed by atoms with van der Waals surface area (Å²) in [6.07, 6.45) is 0.837. The molecule has 35 heavy (non-hydrogen) atoms. The molecule has 0 saturated heterocycles. The summed E-state index contributed by atoms with van der Waals surface area (Å²) in [5.41, 5.74) is 0.197. The molecule has 12 heteroatoms. The molecular formula is C23H29N5O6S. The van der Waals surface area contributed by atoms with Crippen molar-refractivity contribution in [3.8, 4) is 5.75 Å². The molecule has 1 aliphatic heterocycles. The van der Waals surface area contributed by atoms with Gasteiger partial charge in [-0.05, 0) is 42.8 Å². The smallest absolute Gasteiger partial charge is 0.345 e. The van der Waals surface area contributed by atoms with E-state index < -0.39 is 22.0 Å². The van der Waals surface area contributed by atoms with Crippen LogP contribution in [-0.2, 0) is 19.6 Å². The van der Waals surface area contributed by atoms with Gasteiger partial charge >= 0.3 is 11.9 Å². The van der Waals surface area contributed by atoms with Crippen LogP contribution in [0.1, 0.15) is 23.2 Å². The summed E-state index contributed by atoms with van der Waals surface area (Å²) in [7, 11) is -2.28. The van der Waals surface area contributed by atoms with Crippen molar-refractivity contribution in [1.29, 1.82) is 0 Å². The van der Waals surface area contributed by atoms with Gasteiger partial charge in [-0.25, -0.2) is 18.2 Å². The molecule has 0 saturated carbocycles. The number of nitrogens with zero attached hydrogens (tertiary/aromatic N) is 2. The second-order valence-corrected chi connectivity index (χ2v) is 9.31. The molecule has 0 aromatic heterocycles. The fraction of sp³-hybridized carbons (Fsp3) is 0.348. The Labute approximate surface area is 204 Å². The van der Waals surface area contributed by atoms with Gasteiger partial charge in [0.25, 0.3) is 10.0 Å². The lowest BCUT2D eigenvalue weighted by molar-refractivity contribution is -0.138. The third kappa shape index (κ3) is 8.67. The van der Waals surface area contributed by atoms with E-state index in [1.165, 1.54) is 36.3 Å². The fourth-order valence-corrected chi connectivity index (χ4v) is 4.17. The molecule has 0 bridgehead atoms. The lowest BCUT2D eigenvalue weighted by Crippen LogP contribution is -2.42. The van der Waals surface area contributed by atoms with E-state index in [9.17, 15) is 18.0 Å². The molecule has 1 aliphatic rings. The molecular weight excluding hydrogens is 474 g/mol. The van der Waals surface area contributed by atoms with Crippen LogP contribution in [0.15, 0.2) is 64.5 Å². The van der Waals surface area contributed by atoms with Gasteiger partial charge in [-0.1, -0.05) is 18.2 Å². The Balaban J connectivity index is 1.37. The molecule has 0 fully saturated rings. The highest BCUT2D eigenvalue weighted by Crippen LogP contribution is 2.13. The number of sulfonamides is 1. The first-order chi connectivity index (χ1) is 16.8. The van der Waals surface area contributed by atoms with Gasteiger partial charge in [0, 0.05) is 26.7 Å². The van der Waals surface area contributed by atoms with Crippen LogP contribution in [0.5, 0.6) is 5.75 Å². The number of carbonyl (C=O) groups excluding carboxylic acids is 2. The van der Waals surface area contributed by atoms with E-state index in [0.29, 0.717) is 18.9 Å². The van der Waals surface area contributed by atoms with Gasteiger partial charge < -0.3 is 20.1 Å². The lowest BCUT2D eigenvalue weighted by Gasteiger charge is -2.17. The van der Waals surface area contributed by atoms with E-state index in [1.54, 1.807) is 30.3 Å². The number of rotatable bonds is 11. The average Bonchev–Trinajstić information content (AvgIpc) is 2.86. The van der Waals surface area contributed by atoms with Gasteiger partial charge in [-0.3, -0.25) is 9.79 Å². The van der Waals surface area contributed by atoms with Crippen molar-refractivity contribution in [3.05, 3.63) is 60.2 Å². The predicted molar refractivity (Wildman–Crippen MR) is 129 cm³/mol. The van der Waals surface area contributed by atoms with Crippen LogP contribution in [-0.4, -0.2) is 71.2 Å². The van der Waals surface area contributed by atoms with Crippen molar-refractivity contribution in [1.82, 2.24) is 20.5 Å². The highest BCUT2D eigenvalue weighted by molar-refractivity contribution is 7.89. The first-order valence-electron chi connectivity index (χ1n) is 11.1. The molecule has 1 heterocycles. The Morgan fingerprint density at radius 1 is 1.11 bits per heavy atom.